The first-order valence-corrected chi connectivity index (χ1v) is 3.56. The second kappa shape index (κ2) is 3.70. The molecule has 0 spiro atoms. The Morgan fingerprint density at radius 2 is 2.17 bits per heavy atom. The first kappa shape index (κ1) is 8.51. The molecule has 1 rings (SSSR count). The predicted molar refractivity (Wildman–Crippen MR) is 40.4 cm³/mol. The van der Waals surface area contributed by atoms with Crippen molar-refractivity contribution in [1.29, 1.82) is 0 Å². The zero-order chi connectivity index (χ0) is 8.97. The maximum Gasteiger partial charge on any atom is 0.408 e. The molecule has 6 nitrogen and oxygen atoms in total. The van der Waals surface area contributed by atoms with Crippen LogP contribution in [0.2, 0.25) is 0 Å². The molecule has 0 atom stereocenters. The Bertz CT molecular complexity index is 246. The fourth-order valence-electron chi connectivity index (χ4n) is 0.765. The van der Waals surface area contributed by atoms with Crippen LogP contribution in [0.5, 0.6) is 0 Å². The average molecular weight is 170 g/mol. The highest BCUT2D eigenvalue weighted by atomic mass is 16.4. The Labute approximate surface area is 69.4 Å². The largest absolute Gasteiger partial charge is 0.465 e. The van der Waals surface area contributed by atoms with Gasteiger partial charge >= 0.3 is 6.09 Å². The van der Waals surface area contributed by atoms with Gasteiger partial charge in [0.05, 0.1) is 12.4 Å². The molecule has 1 amide bonds. The van der Waals surface area contributed by atoms with Crippen molar-refractivity contribution in [3.8, 4) is 0 Å². The van der Waals surface area contributed by atoms with Gasteiger partial charge in [0, 0.05) is 6.54 Å². The number of nitrogens with zero attached hydrogens (tertiary/aromatic N) is 4. The van der Waals surface area contributed by atoms with Crippen LogP contribution in [0.15, 0.2) is 12.4 Å². The zero-order valence-electron chi connectivity index (χ0n) is 6.71. The van der Waals surface area contributed by atoms with E-state index in [0.29, 0.717) is 6.54 Å². The van der Waals surface area contributed by atoms with Gasteiger partial charge in [-0.3, -0.25) is 4.90 Å². The molecule has 1 N–H and O–H groups in total. The van der Waals surface area contributed by atoms with Crippen LogP contribution in [-0.4, -0.2) is 37.6 Å². The van der Waals surface area contributed by atoms with Crippen molar-refractivity contribution in [2.24, 2.45) is 0 Å². The van der Waals surface area contributed by atoms with Crippen molar-refractivity contribution >= 4 is 6.09 Å². The normalized spacial score (nSPS) is 9.75. The molecule has 12 heavy (non-hydrogen) atoms. The van der Waals surface area contributed by atoms with E-state index in [2.05, 4.69) is 10.2 Å². The number of carboxylic acid groups (broad SMARTS) is 1. The van der Waals surface area contributed by atoms with Gasteiger partial charge < -0.3 is 5.11 Å². The van der Waals surface area contributed by atoms with Crippen molar-refractivity contribution in [3.63, 3.8) is 0 Å². The minimum atomic E-state index is -0.963. The van der Waals surface area contributed by atoms with Crippen molar-refractivity contribution < 1.29 is 9.90 Å². The van der Waals surface area contributed by atoms with E-state index in [0.717, 1.165) is 0 Å². The van der Waals surface area contributed by atoms with Gasteiger partial charge in [0.25, 0.3) is 0 Å². The maximum absolute atomic E-state index is 10.5. The van der Waals surface area contributed by atoms with Gasteiger partial charge in [-0.25, -0.2) is 4.79 Å². The van der Waals surface area contributed by atoms with E-state index in [1.54, 1.807) is 6.92 Å². The first-order chi connectivity index (χ1) is 5.74. The minimum absolute atomic E-state index is 0.179. The lowest BCUT2D eigenvalue weighted by Crippen LogP contribution is -2.32. The molecule has 6 heteroatoms. The summed E-state index contributed by atoms with van der Waals surface area (Å²) in [5.41, 5.74) is 0. The molecule has 0 bridgehead atoms. The molecule has 0 aliphatic heterocycles. The van der Waals surface area contributed by atoms with Gasteiger partial charge in [-0.1, -0.05) is 0 Å². The van der Waals surface area contributed by atoms with Crippen molar-refractivity contribution in [1.82, 2.24) is 19.9 Å². The van der Waals surface area contributed by atoms with E-state index < -0.39 is 6.09 Å². The van der Waals surface area contributed by atoms with E-state index in [9.17, 15) is 4.79 Å². The van der Waals surface area contributed by atoms with E-state index in [4.69, 9.17) is 5.11 Å². The van der Waals surface area contributed by atoms with Crippen LogP contribution in [0, 0.1) is 0 Å². The van der Waals surface area contributed by atoms with Crippen molar-refractivity contribution in [2.45, 2.75) is 13.6 Å². The molecule has 1 aromatic heterocycles. The van der Waals surface area contributed by atoms with Gasteiger partial charge in [-0.15, -0.1) is 0 Å². The number of carbonyl (C=O) groups is 1. The molecule has 0 aliphatic rings. The Morgan fingerprint density at radius 3 is 2.58 bits per heavy atom. The van der Waals surface area contributed by atoms with E-state index in [1.807, 2.05) is 0 Å². The molecule has 0 unspecified atom stereocenters. The molecule has 0 radical (unpaired) electrons. The summed E-state index contributed by atoms with van der Waals surface area (Å²) < 4.78 is 0. The van der Waals surface area contributed by atoms with E-state index in [-0.39, 0.29) is 6.67 Å². The van der Waals surface area contributed by atoms with Crippen LogP contribution in [0.4, 0.5) is 4.79 Å². The second-order valence-electron chi connectivity index (χ2n) is 2.18. The minimum Gasteiger partial charge on any atom is -0.465 e. The summed E-state index contributed by atoms with van der Waals surface area (Å²) >= 11 is 0. The molecule has 0 saturated heterocycles. The number of rotatable bonds is 3. The highest BCUT2D eigenvalue weighted by molar-refractivity contribution is 5.64. The lowest BCUT2D eigenvalue weighted by atomic mass is 10.6. The topological polar surface area (TPSA) is 71.2 Å². The summed E-state index contributed by atoms with van der Waals surface area (Å²) in [7, 11) is 0. The molecule has 1 aromatic rings. The van der Waals surface area contributed by atoms with Gasteiger partial charge in [0.2, 0.25) is 0 Å². The number of aromatic nitrogens is 3. The lowest BCUT2D eigenvalue weighted by molar-refractivity contribution is 0.127. The Hall–Kier alpha value is -1.59. The lowest BCUT2D eigenvalue weighted by Gasteiger charge is -2.15. The third-order valence-corrected chi connectivity index (χ3v) is 1.42. The quantitative estimate of drug-likeness (QED) is 0.705. The highest BCUT2D eigenvalue weighted by Gasteiger charge is 2.09. The van der Waals surface area contributed by atoms with Crippen LogP contribution in [0.1, 0.15) is 6.92 Å². The Morgan fingerprint density at radius 1 is 1.58 bits per heavy atom. The molecule has 0 aromatic carbocycles. The Kier molecular flexibility index (Phi) is 2.62. The SMILES string of the molecule is CCN(Cn1nccn1)C(=O)O. The smallest absolute Gasteiger partial charge is 0.408 e. The molecule has 0 aliphatic carbocycles. The summed E-state index contributed by atoms with van der Waals surface area (Å²) in [6.45, 7) is 2.37. The molecule has 1 heterocycles. The van der Waals surface area contributed by atoms with Crippen LogP contribution in [0.3, 0.4) is 0 Å². The van der Waals surface area contributed by atoms with Crippen LogP contribution < -0.4 is 0 Å². The van der Waals surface area contributed by atoms with Crippen molar-refractivity contribution in [2.75, 3.05) is 6.54 Å². The van der Waals surface area contributed by atoms with Crippen LogP contribution in [0.25, 0.3) is 0 Å². The van der Waals surface area contributed by atoms with E-state index in [1.165, 1.54) is 22.1 Å². The predicted octanol–water partition coefficient (Wildman–Crippen LogP) is 0.235. The molecule has 66 valence electrons. The monoisotopic (exact) mass is 170 g/mol. The van der Waals surface area contributed by atoms with Crippen molar-refractivity contribution in [3.05, 3.63) is 12.4 Å². The maximum atomic E-state index is 10.5. The van der Waals surface area contributed by atoms with E-state index >= 15 is 0 Å². The van der Waals surface area contributed by atoms with Gasteiger partial charge in [-0.05, 0) is 6.92 Å². The fourth-order valence-corrected chi connectivity index (χ4v) is 0.765. The summed E-state index contributed by atoms with van der Waals surface area (Å²) in [6.07, 6.45) is 2.06. The highest BCUT2D eigenvalue weighted by Crippen LogP contribution is 1.91. The number of hydrogen-bond acceptors (Lipinski definition) is 3. The van der Waals surface area contributed by atoms with Crippen LogP contribution >= 0.6 is 0 Å². The summed E-state index contributed by atoms with van der Waals surface area (Å²) in [5.74, 6) is 0. The van der Waals surface area contributed by atoms with Gasteiger partial charge in [0.1, 0.15) is 6.67 Å². The van der Waals surface area contributed by atoms with Gasteiger partial charge in [0.15, 0.2) is 0 Å². The molecular weight excluding hydrogens is 160 g/mol. The summed E-state index contributed by atoms with van der Waals surface area (Å²) in [6, 6.07) is 0. The molecule has 0 fully saturated rings. The molecular formula is C6H10N4O2. The first-order valence-electron chi connectivity index (χ1n) is 3.56. The summed E-state index contributed by atoms with van der Waals surface area (Å²) in [4.78, 5) is 13.0. The number of amides is 1. The zero-order valence-corrected chi connectivity index (χ0v) is 6.71. The summed E-state index contributed by atoms with van der Waals surface area (Å²) in [5, 5.41) is 16.2. The average Bonchev–Trinajstić information content (AvgIpc) is 2.51. The molecule has 0 saturated carbocycles. The third kappa shape index (κ3) is 1.94. The fraction of sp³-hybridized carbons (Fsp3) is 0.500. The second-order valence-corrected chi connectivity index (χ2v) is 2.18. The standard InChI is InChI=1S/C6H10N4O2/c1-2-9(6(11)12)5-10-7-3-4-8-10/h3-4H,2,5H2,1H3,(H,11,12). The third-order valence-electron chi connectivity index (χ3n) is 1.42. The van der Waals surface area contributed by atoms with Gasteiger partial charge in [-0.2, -0.15) is 15.0 Å². The van der Waals surface area contributed by atoms with Crippen LogP contribution in [-0.2, 0) is 6.67 Å². The Balaban J connectivity index is 2.54. The number of hydrogen-bond donors (Lipinski definition) is 1.